The molecule has 0 aliphatic carbocycles. The molecule has 1 aromatic heterocycles. The number of halogens is 1. The molecule has 1 heterocycles. The third kappa shape index (κ3) is 4.90. The number of fused-ring (bicyclic) bond motifs is 1. The lowest BCUT2D eigenvalue weighted by molar-refractivity contribution is -0.144. The van der Waals surface area contributed by atoms with Crippen LogP contribution in [0.4, 0.5) is 0 Å². The van der Waals surface area contributed by atoms with E-state index >= 15 is 0 Å². The van der Waals surface area contributed by atoms with Gasteiger partial charge in [-0.25, -0.2) is 4.79 Å². The predicted octanol–water partition coefficient (Wildman–Crippen LogP) is 4.98. The normalized spacial score (nSPS) is 10.8. The summed E-state index contributed by atoms with van der Waals surface area (Å²) in [5.41, 5.74) is 1.69. The van der Waals surface area contributed by atoms with Gasteiger partial charge in [-0.2, -0.15) is 0 Å². The fourth-order valence-corrected chi connectivity index (χ4v) is 3.43. The number of esters is 1. The van der Waals surface area contributed by atoms with Crippen LogP contribution in [0.15, 0.2) is 62.6 Å². The molecule has 4 nitrogen and oxygen atoms in total. The standard InChI is InChI=1S/C20H17ClO4S/c1-13-2-7-17-14(11-20(23)25-18(17)10-13)12-24-19(22)8-9-26-16-5-3-15(21)4-6-16/h2-7,10-11H,8-9,12H2,1H3. The van der Waals surface area contributed by atoms with Crippen molar-refractivity contribution in [2.75, 3.05) is 5.75 Å². The molecule has 0 atom stereocenters. The molecule has 0 radical (unpaired) electrons. The first-order valence-corrected chi connectivity index (χ1v) is 9.45. The van der Waals surface area contributed by atoms with Crippen LogP contribution in [0.25, 0.3) is 11.0 Å². The molecule has 134 valence electrons. The summed E-state index contributed by atoms with van der Waals surface area (Å²) in [4.78, 5) is 24.7. The fraction of sp³-hybridized carbons (Fsp3) is 0.200. The molecular weight excluding hydrogens is 372 g/mol. The highest BCUT2D eigenvalue weighted by Gasteiger charge is 2.09. The topological polar surface area (TPSA) is 56.5 Å². The lowest BCUT2D eigenvalue weighted by Gasteiger charge is -2.08. The van der Waals surface area contributed by atoms with E-state index in [1.807, 2.05) is 43.3 Å². The summed E-state index contributed by atoms with van der Waals surface area (Å²) in [5, 5.41) is 1.46. The molecule has 0 unspecified atom stereocenters. The molecule has 6 heteroatoms. The quantitative estimate of drug-likeness (QED) is 0.338. The maximum atomic E-state index is 12.0. The van der Waals surface area contributed by atoms with Crippen molar-refractivity contribution in [2.45, 2.75) is 24.8 Å². The van der Waals surface area contributed by atoms with E-state index in [4.69, 9.17) is 20.8 Å². The molecule has 2 aromatic carbocycles. The van der Waals surface area contributed by atoms with Gasteiger partial charge in [-0.05, 0) is 42.8 Å². The number of ether oxygens (including phenoxy) is 1. The molecule has 0 spiro atoms. The van der Waals surface area contributed by atoms with Gasteiger partial charge in [0.25, 0.3) is 0 Å². The Balaban J connectivity index is 1.57. The van der Waals surface area contributed by atoms with Crippen LogP contribution < -0.4 is 5.63 Å². The van der Waals surface area contributed by atoms with Gasteiger partial charge in [0, 0.05) is 32.7 Å². The minimum atomic E-state index is -0.451. The first-order chi connectivity index (χ1) is 12.5. The lowest BCUT2D eigenvalue weighted by atomic mass is 10.1. The van der Waals surface area contributed by atoms with Crippen LogP contribution in [0.5, 0.6) is 0 Å². The second-order valence-corrected chi connectivity index (χ2v) is 7.41. The molecule has 0 bridgehead atoms. The fourth-order valence-electron chi connectivity index (χ4n) is 2.47. The van der Waals surface area contributed by atoms with E-state index in [1.54, 1.807) is 17.8 Å². The van der Waals surface area contributed by atoms with Gasteiger partial charge in [0.15, 0.2) is 0 Å². The van der Waals surface area contributed by atoms with Gasteiger partial charge in [-0.3, -0.25) is 4.79 Å². The molecule has 0 aliphatic rings. The zero-order valence-electron chi connectivity index (χ0n) is 14.2. The van der Waals surface area contributed by atoms with E-state index in [0.29, 0.717) is 21.9 Å². The monoisotopic (exact) mass is 388 g/mol. The summed E-state index contributed by atoms with van der Waals surface area (Å²) < 4.78 is 10.5. The van der Waals surface area contributed by atoms with Crippen molar-refractivity contribution in [3.05, 3.63) is 75.1 Å². The van der Waals surface area contributed by atoms with Gasteiger partial charge in [-0.1, -0.05) is 23.7 Å². The van der Waals surface area contributed by atoms with E-state index in [1.165, 1.54) is 6.07 Å². The Morgan fingerprint density at radius 3 is 2.69 bits per heavy atom. The molecule has 3 rings (SSSR count). The minimum Gasteiger partial charge on any atom is -0.461 e. The van der Waals surface area contributed by atoms with Gasteiger partial charge in [-0.15, -0.1) is 11.8 Å². The van der Waals surface area contributed by atoms with Crippen molar-refractivity contribution in [2.24, 2.45) is 0 Å². The zero-order valence-corrected chi connectivity index (χ0v) is 15.7. The van der Waals surface area contributed by atoms with Gasteiger partial charge < -0.3 is 9.15 Å². The number of thioether (sulfide) groups is 1. The SMILES string of the molecule is Cc1ccc2c(COC(=O)CCSc3ccc(Cl)cc3)cc(=O)oc2c1. The van der Waals surface area contributed by atoms with Crippen LogP contribution in [0.3, 0.4) is 0 Å². The maximum Gasteiger partial charge on any atom is 0.336 e. The van der Waals surface area contributed by atoms with Crippen LogP contribution in [-0.4, -0.2) is 11.7 Å². The van der Waals surface area contributed by atoms with Crippen LogP contribution in [-0.2, 0) is 16.1 Å². The lowest BCUT2D eigenvalue weighted by Crippen LogP contribution is -2.08. The number of rotatable bonds is 6. The highest BCUT2D eigenvalue weighted by atomic mass is 35.5. The molecule has 3 aromatic rings. The molecule has 0 aliphatic heterocycles. The number of aryl methyl sites for hydroxylation is 1. The number of carbonyl (C=O) groups is 1. The van der Waals surface area contributed by atoms with Crippen LogP contribution >= 0.6 is 23.4 Å². The van der Waals surface area contributed by atoms with Crippen molar-refractivity contribution in [1.29, 1.82) is 0 Å². The Kier molecular flexibility index (Phi) is 6.01. The summed E-state index contributed by atoms with van der Waals surface area (Å²) in [7, 11) is 0. The van der Waals surface area contributed by atoms with Crippen molar-refractivity contribution in [3.8, 4) is 0 Å². The molecule has 26 heavy (non-hydrogen) atoms. The number of benzene rings is 2. The number of carbonyl (C=O) groups excluding carboxylic acids is 1. The van der Waals surface area contributed by atoms with Crippen molar-refractivity contribution in [3.63, 3.8) is 0 Å². The van der Waals surface area contributed by atoms with E-state index in [2.05, 4.69) is 0 Å². The van der Waals surface area contributed by atoms with Crippen molar-refractivity contribution < 1.29 is 13.9 Å². The Morgan fingerprint density at radius 2 is 1.92 bits per heavy atom. The second kappa shape index (κ2) is 8.43. The smallest absolute Gasteiger partial charge is 0.336 e. The third-order valence-corrected chi connectivity index (χ3v) is 5.03. The Bertz CT molecular complexity index is 979. The first-order valence-electron chi connectivity index (χ1n) is 8.08. The van der Waals surface area contributed by atoms with Crippen LogP contribution in [0.2, 0.25) is 5.02 Å². The molecule has 0 amide bonds. The van der Waals surface area contributed by atoms with Crippen molar-refractivity contribution in [1.82, 2.24) is 0 Å². The summed E-state index contributed by atoms with van der Waals surface area (Å²) in [6.45, 7) is 1.97. The van der Waals surface area contributed by atoms with Crippen LogP contribution in [0.1, 0.15) is 17.5 Å². The van der Waals surface area contributed by atoms with Gasteiger partial charge in [0.1, 0.15) is 12.2 Å². The van der Waals surface area contributed by atoms with E-state index in [9.17, 15) is 9.59 Å². The third-order valence-electron chi connectivity index (χ3n) is 3.76. The zero-order chi connectivity index (χ0) is 18.5. The van der Waals surface area contributed by atoms with E-state index < -0.39 is 5.63 Å². The van der Waals surface area contributed by atoms with Gasteiger partial charge in [0.05, 0.1) is 6.42 Å². The molecule has 0 N–H and O–H groups in total. The Morgan fingerprint density at radius 1 is 1.15 bits per heavy atom. The molecule has 0 saturated carbocycles. The predicted molar refractivity (Wildman–Crippen MR) is 104 cm³/mol. The first kappa shape index (κ1) is 18.5. The van der Waals surface area contributed by atoms with E-state index in [0.717, 1.165) is 15.8 Å². The van der Waals surface area contributed by atoms with Gasteiger partial charge >= 0.3 is 11.6 Å². The maximum absolute atomic E-state index is 12.0. The summed E-state index contributed by atoms with van der Waals surface area (Å²) in [6, 6.07) is 14.4. The summed E-state index contributed by atoms with van der Waals surface area (Å²) in [5.74, 6) is 0.303. The summed E-state index contributed by atoms with van der Waals surface area (Å²) in [6.07, 6.45) is 0.284. The Hall–Kier alpha value is -2.24. The van der Waals surface area contributed by atoms with E-state index in [-0.39, 0.29) is 19.0 Å². The average molecular weight is 389 g/mol. The molecule has 0 fully saturated rings. The highest BCUT2D eigenvalue weighted by Crippen LogP contribution is 2.22. The summed E-state index contributed by atoms with van der Waals surface area (Å²) >= 11 is 7.41. The van der Waals surface area contributed by atoms with Crippen LogP contribution in [0, 0.1) is 6.92 Å². The number of hydrogen-bond acceptors (Lipinski definition) is 5. The van der Waals surface area contributed by atoms with Gasteiger partial charge in [0.2, 0.25) is 0 Å². The highest BCUT2D eigenvalue weighted by molar-refractivity contribution is 7.99. The minimum absolute atomic E-state index is 0.0512. The molecule has 0 saturated heterocycles. The molecular formula is C20H17ClO4S. The Labute approximate surface area is 160 Å². The second-order valence-electron chi connectivity index (χ2n) is 5.80. The average Bonchev–Trinajstić information content (AvgIpc) is 2.61. The number of hydrogen-bond donors (Lipinski definition) is 0. The largest absolute Gasteiger partial charge is 0.461 e. The van der Waals surface area contributed by atoms with Crippen molar-refractivity contribution >= 4 is 40.3 Å².